The normalized spacial score (nSPS) is 23.4. The van der Waals surface area contributed by atoms with Gasteiger partial charge in [-0.1, -0.05) is 6.07 Å². The third-order valence-electron chi connectivity index (χ3n) is 3.85. The largest absolute Gasteiger partial charge is 0.388 e. The molecule has 0 radical (unpaired) electrons. The highest BCUT2D eigenvalue weighted by molar-refractivity contribution is 5.50. The molecular weight excluding hydrogens is 267 g/mol. The zero-order chi connectivity index (χ0) is 15.7. The Morgan fingerprint density at radius 3 is 2.67 bits per heavy atom. The summed E-state index contributed by atoms with van der Waals surface area (Å²) >= 11 is 0. The summed E-state index contributed by atoms with van der Waals surface area (Å²) in [5.41, 5.74) is 0.821. The van der Waals surface area contributed by atoms with Gasteiger partial charge in [0, 0.05) is 25.2 Å². The third-order valence-corrected chi connectivity index (χ3v) is 3.85. The summed E-state index contributed by atoms with van der Waals surface area (Å²) in [5.74, 6) is -0.207. The number of benzene rings is 1. The van der Waals surface area contributed by atoms with Crippen molar-refractivity contribution in [2.75, 3.05) is 18.0 Å². The van der Waals surface area contributed by atoms with Crippen LogP contribution in [0.25, 0.3) is 0 Å². The monoisotopic (exact) mass is 294 g/mol. The number of nitrogens with one attached hydrogen (secondary N) is 1. The zero-order valence-corrected chi connectivity index (χ0v) is 13.5. The van der Waals surface area contributed by atoms with Crippen LogP contribution in [0.5, 0.6) is 0 Å². The predicted octanol–water partition coefficient (Wildman–Crippen LogP) is 3.07. The molecule has 1 aliphatic rings. The van der Waals surface area contributed by atoms with Gasteiger partial charge in [0.25, 0.3) is 0 Å². The highest BCUT2D eigenvalue weighted by Crippen LogP contribution is 2.28. The van der Waals surface area contributed by atoms with E-state index in [1.54, 1.807) is 6.07 Å². The van der Waals surface area contributed by atoms with E-state index < -0.39 is 5.60 Å². The maximum atomic E-state index is 14.4. The summed E-state index contributed by atoms with van der Waals surface area (Å²) in [5, 5.41) is 13.5. The second-order valence-corrected chi connectivity index (χ2v) is 7.41. The van der Waals surface area contributed by atoms with E-state index in [4.69, 9.17) is 0 Å². The van der Waals surface area contributed by atoms with Crippen LogP contribution in [-0.2, 0) is 6.54 Å². The number of aliphatic hydroxyl groups is 1. The standard InChI is InChI=1S/C17H27FN2O/c1-16(2,3)19-11-13-6-7-15(14(18)10-13)20-9-5-8-17(4,21)12-20/h6-7,10,19,21H,5,8-9,11-12H2,1-4H3. The van der Waals surface area contributed by atoms with Gasteiger partial charge in [-0.05, 0) is 58.2 Å². The lowest BCUT2D eigenvalue weighted by molar-refractivity contribution is 0.0447. The number of anilines is 1. The van der Waals surface area contributed by atoms with Crippen LogP contribution in [0.1, 0.15) is 46.1 Å². The van der Waals surface area contributed by atoms with E-state index in [0.717, 1.165) is 24.9 Å². The Hall–Kier alpha value is -1.13. The first kappa shape index (κ1) is 16.2. The molecular formula is C17H27FN2O. The quantitative estimate of drug-likeness (QED) is 0.899. The minimum absolute atomic E-state index is 0.0146. The Morgan fingerprint density at radius 2 is 2.10 bits per heavy atom. The third kappa shape index (κ3) is 4.68. The molecule has 2 N–H and O–H groups in total. The minimum Gasteiger partial charge on any atom is -0.388 e. The molecule has 3 nitrogen and oxygen atoms in total. The maximum absolute atomic E-state index is 14.4. The molecule has 21 heavy (non-hydrogen) atoms. The van der Waals surface area contributed by atoms with E-state index in [1.165, 1.54) is 0 Å². The van der Waals surface area contributed by atoms with Gasteiger partial charge in [-0.2, -0.15) is 0 Å². The van der Waals surface area contributed by atoms with Gasteiger partial charge < -0.3 is 15.3 Å². The first-order valence-electron chi connectivity index (χ1n) is 7.67. The molecule has 0 amide bonds. The van der Waals surface area contributed by atoms with Crippen LogP contribution >= 0.6 is 0 Å². The van der Waals surface area contributed by atoms with Gasteiger partial charge in [-0.3, -0.25) is 0 Å². The topological polar surface area (TPSA) is 35.5 Å². The van der Waals surface area contributed by atoms with Crippen molar-refractivity contribution in [1.29, 1.82) is 0 Å². The molecule has 0 bridgehead atoms. The van der Waals surface area contributed by atoms with Crippen LogP contribution in [0.2, 0.25) is 0 Å². The molecule has 1 aromatic rings. The van der Waals surface area contributed by atoms with Gasteiger partial charge in [0.05, 0.1) is 11.3 Å². The van der Waals surface area contributed by atoms with E-state index in [0.29, 0.717) is 18.8 Å². The van der Waals surface area contributed by atoms with Crippen LogP contribution in [0.4, 0.5) is 10.1 Å². The van der Waals surface area contributed by atoms with E-state index in [-0.39, 0.29) is 11.4 Å². The molecule has 2 rings (SSSR count). The van der Waals surface area contributed by atoms with Gasteiger partial charge in [0.2, 0.25) is 0 Å². The number of halogens is 1. The molecule has 1 aliphatic heterocycles. The second-order valence-electron chi connectivity index (χ2n) is 7.41. The van der Waals surface area contributed by atoms with E-state index in [2.05, 4.69) is 26.1 Å². The number of hydrogen-bond acceptors (Lipinski definition) is 3. The fourth-order valence-electron chi connectivity index (χ4n) is 2.71. The Bertz CT molecular complexity index is 494. The SMILES string of the molecule is CC1(O)CCCN(c2ccc(CNC(C)(C)C)cc2F)C1. The first-order chi connectivity index (χ1) is 9.66. The number of β-amino-alcohol motifs (C(OH)–C–C–N with tert-alkyl or cyclic N) is 1. The Morgan fingerprint density at radius 1 is 1.38 bits per heavy atom. The molecule has 4 heteroatoms. The maximum Gasteiger partial charge on any atom is 0.146 e. The van der Waals surface area contributed by atoms with Crippen molar-refractivity contribution >= 4 is 5.69 Å². The fourth-order valence-corrected chi connectivity index (χ4v) is 2.71. The van der Waals surface area contributed by atoms with Crippen molar-refractivity contribution in [3.8, 4) is 0 Å². The summed E-state index contributed by atoms with van der Waals surface area (Å²) in [6.07, 6.45) is 1.67. The van der Waals surface area contributed by atoms with Crippen LogP contribution < -0.4 is 10.2 Å². The number of rotatable bonds is 3. The van der Waals surface area contributed by atoms with Crippen LogP contribution in [0.3, 0.4) is 0 Å². The molecule has 118 valence electrons. The molecule has 1 atom stereocenters. The smallest absolute Gasteiger partial charge is 0.146 e. The van der Waals surface area contributed by atoms with Gasteiger partial charge in [0.1, 0.15) is 5.82 Å². The molecule has 0 aliphatic carbocycles. The van der Waals surface area contributed by atoms with E-state index >= 15 is 0 Å². The van der Waals surface area contributed by atoms with Crippen LogP contribution in [0.15, 0.2) is 18.2 Å². The highest BCUT2D eigenvalue weighted by atomic mass is 19.1. The van der Waals surface area contributed by atoms with Crippen molar-refractivity contribution in [3.63, 3.8) is 0 Å². The predicted molar refractivity (Wildman–Crippen MR) is 85.1 cm³/mol. The van der Waals surface area contributed by atoms with Gasteiger partial charge in [-0.15, -0.1) is 0 Å². The van der Waals surface area contributed by atoms with E-state index in [9.17, 15) is 9.50 Å². The number of hydrogen-bond donors (Lipinski definition) is 2. The highest BCUT2D eigenvalue weighted by Gasteiger charge is 2.29. The van der Waals surface area contributed by atoms with Crippen molar-refractivity contribution in [3.05, 3.63) is 29.6 Å². The van der Waals surface area contributed by atoms with E-state index in [1.807, 2.05) is 24.0 Å². The van der Waals surface area contributed by atoms with Gasteiger partial charge in [-0.25, -0.2) is 4.39 Å². The number of piperidine rings is 1. The summed E-state index contributed by atoms with van der Waals surface area (Å²) in [6.45, 7) is 10.0. The molecule has 0 saturated carbocycles. The van der Waals surface area contributed by atoms with Gasteiger partial charge >= 0.3 is 0 Å². The minimum atomic E-state index is -0.725. The zero-order valence-electron chi connectivity index (χ0n) is 13.5. The molecule has 1 fully saturated rings. The fraction of sp³-hybridized carbons (Fsp3) is 0.647. The molecule has 1 aromatic carbocycles. The lowest BCUT2D eigenvalue weighted by atomic mass is 9.94. The first-order valence-corrected chi connectivity index (χ1v) is 7.67. The molecule has 1 saturated heterocycles. The van der Waals surface area contributed by atoms with Crippen molar-refractivity contribution in [2.45, 2.75) is 58.2 Å². The number of nitrogens with zero attached hydrogens (tertiary/aromatic N) is 1. The second kappa shape index (κ2) is 5.93. The summed E-state index contributed by atoms with van der Waals surface area (Å²) in [7, 11) is 0. The molecule has 0 spiro atoms. The van der Waals surface area contributed by atoms with Crippen molar-refractivity contribution < 1.29 is 9.50 Å². The van der Waals surface area contributed by atoms with Gasteiger partial charge in [0.15, 0.2) is 0 Å². The Balaban J connectivity index is 2.09. The Kier molecular flexibility index (Phi) is 4.59. The summed E-state index contributed by atoms with van der Waals surface area (Å²) in [4.78, 5) is 1.94. The summed E-state index contributed by atoms with van der Waals surface area (Å²) < 4.78 is 14.4. The van der Waals surface area contributed by atoms with Crippen LogP contribution in [-0.4, -0.2) is 29.3 Å². The molecule has 0 aromatic heterocycles. The van der Waals surface area contributed by atoms with Crippen LogP contribution in [0, 0.1) is 5.82 Å². The Labute approximate surface area is 127 Å². The van der Waals surface area contributed by atoms with Crippen molar-refractivity contribution in [2.24, 2.45) is 0 Å². The summed E-state index contributed by atoms with van der Waals surface area (Å²) in [6, 6.07) is 5.38. The van der Waals surface area contributed by atoms with Crippen molar-refractivity contribution in [1.82, 2.24) is 5.32 Å². The average Bonchev–Trinajstić information content (AvgIpc) is 2.34. The molecule has 1 heterocycles. The average molecular weight is 294 g/mol. The lowest BCUT2D eigenvalue weighted by Crippen LogP contribution is -2.46. The molecule has 1 unspecified atom stereocenters. The lowest BCUT2D eigenvalue weighted by Gasteiger charge is -2.38.